The molecule has 0 bridgehead atoms. The van der Waals surface area contributed by atoms with Crippen LogP contribution in [0.25, 0.3) is 0 Å². The molecule has 1 aliphatic rings. The summed E-state index contributed by atoms with van der Waals surface area (Å²) >= 11 is 0. The summed E-state index contributed by atoms with van der Waals surface area (Å²) in [5.74, 6) is 0. The predicted molar refractivity (Wildman–Crippen MR) is 65.2 cm³/mol. The summed E-state index contributed by atoms with van der Waals surface area (Å²) in [6, 6.07) is 2.73. The van der Waals surface area contributed by atoms with Crippen LogP contribution in [0, 0.1) is 0 Å². The Bertz CT molecular complexity index is 321. The third-order valence-electron chi connectivity index (χ3n) is 3.64. The summed E-state index contributed by atoms with van der Waals surface area (Å²) in [6.45, 7) is 2.46. The number of hydrogen-bond acceptors (Lipinski definition) is 2. The van der Waals surface area contributed by atoms with Gasteiger partial charge in [-0.25, -0.2) is 0 Å². The number of rotatable bonds is 4. The molecule has 2 rings (SSSR count). The summed E-state index contributed by atoms with van der Waals surface area (Å²) < 4.78 is 2.19. The lowest BCUT2D eigenvalue weighted by Crippen LogP contribution is -2.36. The molecule has 16 heavy (non-hydrogen) atoms. The monoisotopic (exact) mass is 222 g/mol. The van der Waals surface area contributed by atoms with E-state index >= 15 is 0 Å². The average Bonchev–Trinajstić information content (AvgIpc) is 2.76. The summed E-state index contributed by atoms with van der Waals surface area (Å²) in [5.41, 5.74) is 1.01. The Kier molecular flexibility index (Phi) is 4.02. The maximum atomic E-state index is 8.99. The van der Waals surface area contributed by atoms with Crippen LogP contribution in [0.4, 0.5) is 0 Å². The van der Waals surface area contributed by atoms with Gasteiger partial charge in [-0.1, -0.05) is 6.42 Å². The van der Waals surface area contributed by atoms with Gasteiger partial charge in [0.15, 0.2) is 0 Å². The Hall–Kier alpha value is -0.800. The molecule has 0 saturated carbocycles. The Balaban J connectivity index is 1.81. The van der Waals surface area contributed by atoms with E-state index in [1.54, 1.807) is 0 Å². The van der Waals surface area contributed by atoms with E-state index in [9.17, 15) is 0 Å². The molecule has 3 heteroatoms. The fourth-order valence-electron chi connectivity index (χ4n) is 2.53. The molecule has 1 saturated heterocycles. The first-order valence-electron chi connectivity index (χ1n) is 6.25. The van der Waals surface area contributed by atoms with Crippen molar-refractivity contribution in [3.05, 3.63) is 24.0 Å². The van der Waals surface area contributed by atoms with Gasteiger partial charge in [-0.2, -0.15) is 0 Å². The van der Waals surface area contributed by atoms with Gasteiger partial charge in [-0.05, 0) is 44.5 Å². The Labute approximate surface area is 97.7 Å². The quantitative estimate of drug-likeness (QED) is 0.842. The molecule has 0 spiro atoms. The number of aliphatic hydroxyl groups is 1. The first kappa shape index (κ1) is 11.7. The third kappa shape index (κ3) is 2.86. The van der Waals surface area contributed by atoms with Crippen LogP contribution in [0.3, 0.4) is 0 Å². The lowest BCUT2D eigenvalue weighted by atomic mass is 10.0. The van der Waals surface area contributed by atoms with Gasteiger partial charge < -0.3 is 14.6 Å². The highest BCUT2D eigenvalue weighted by molar-refractivity contribution is 5.08. The van der Waals surface area contributed by atoms with Crippen molar-refractivity contribution in [1.29, 1.82) is 0 Å². The lowest BCUT2D eigenvalue weighted by Gasteiger charge is -2.32. The maximum Gasteiger partial charge on any atom is 0.0696 e. The number of piperidine rings is 1. The van der Waals surface area contributed by atoms with Crippen molar-refractivity contribution in [2.75, 3.05) is 13.6 Å². The lowest BCUT2D eigenvalue weighted by molar-refractivity contribution is 0.171. The predicted octanol–water partition coefficient (Wildman–Crippen LogP) is 1.85. The molecule has 0 aliphatic carbocycles. The zero-order valence-corrected chi connectivity index (χ0v) is 10.1. The van der Waals surface area contributed by atoms with Gasteiger partial charge in [0, 0.05) is 25.0 Å². The summed E-state index contributed by atoms with van der Waals surface area (Å²) in [7, 11) is 2.23. The van der Waals surface area contributed by atoms with Crippen molar-refractivity contribution in [2.24, 2.45) is 0 Å². The van der Waals surface area contributed by atoms with Crippen molar-refractivity contribution in [2.45, 2.75) is 44.9 Å². The van der Waals surface area contributed by atoms with Gasteiger partial charge in [-0.3, -0.25) is 0 Å². The topological polar surface area (TPSA) is 28.4 Å². The molecule has 0 amide bonds. The van der Waals surface area contributed by atoms with Gasteiger partial charge in [0.05, 0.1) is 6.61 Å². The van der Waals surface area contributed by atoms with E-state index in [-0.39, 0.29) is 6.61 Å². The van der Waals surface area contributed by atoms with Gasteiger partial charge in [-0.15, -0.1) is 0 Å². The molecule has 0 aromatic carbocycles. The highest BCUT2D eigenvalue weighted by Crippen LogP contribution is 2.18. The molecule has 1 aromatic heterocycles. The van der Waals surface area contributed by atoms with Crippen molar-refractivity contribution in [3.63, 3.8) is 0 Å². The number of nitrogens with zero attached hydrogens (tertiary/aromatic N) is 2. The van der Waals surface area contributed by atoms with E-state index in [4.69, 9.17) is 5.11 Å². The van der Waals surface area contributed by atoms with Crippen LogP contribution < -0.4 is 0 Å². The van der Waals surface area contributed by atoms with Crippen LogP contribution in [-0.2, 0) is 13.2 Å². The van der Waals surface area contributed by atoms with Gasteiger partial charge in [0.25, 0.3) is 0 Å². The Morgan fingerprint density at radius 3 is 3.00 bits per heavy atom. The SMILES string of the molecule is CN1CCCCC1CCn1ccc(CO)c1. The second kappa shape index (κ2) is 5.51. The molecular formula is C13H22N2O. The second-order valence-corrected chi connectivity index (χ2v) is 4.83. The van der Waals surface area contributed by atoms with E-state index in [0.717, 1.165) is 18.2 Å². The molecule has 1 N–H and O–H groups in total. The molecule has 90 valence electrons. The van der Waals surface area contributed by atoms with Gasteiger partial charge in [0.1, 0.15) is 0 Å². The molecule has 1 unspecified atom stereocenters. The zero-order chi connectivity index (χ0) is 11.4. The van der Waals surface area contributed by atoms with Gasteiger partial charge >= 0.3 is 0 Å². The fourth-order valence-corrected chi connectivity index (χ4v) is 2.53. The molecule has 1 aromatic rings. The van der Waals surface area contributed by atoms with Crippen LogP contribution in [0.1, 0.15) is 31.2 Å². The van der Waals surface area contributed by atoms with Crippen molar-refractivity contribution in [1.82, 2.24) is 9.47 Å². The maximum absolute atomic E-state index is 8.99. The minimum atomic E-state index is 0.149. The molecule has 0 radical (unpaired) electrons. The number of aliphatic hydroxyl groups excluding tert-OH is 1. The number of likely N-dealkylation sites (tertiary alicyclic amines) is 1. The molecule has 1 atom stereocenters. The smallest absolute Gasteiger partial charge is 0.0696 e. The standard InChI is InChI=1S/C13H22N2O/c1-14-7-3-2-4-13(14)6-9-15-8-5-12(10-15)11-16/h5,8,10,13,16H,2-4,6-7,9,11H2,1H3. The van der Waals surface area contributed by atoms with E-state index in [1.165, 1.54) is 32.2 Å². The highest BCUT2D eigenvalue weighted by atomic mass is 16.3. The first-order valence-corrected chi connectivity index (χ1v) is 6.25. The summed E-state index contributed by atoms with van der Waals surface area (Å²) in [5, 5.41) is 8.99. The summed E-state index contributed by atoms with van der Waals surface area (Å²) in [4.78, 5) is 2.49. The fraction of sp³-hybridized carbons (Fsp3) is 0.692. The number of aromatic nitrogens is 1. The largest absolute Gasteiger partial charge is 0.392 e. The molecule has 1 fully saturated rings. The Morgan fingerprint density at radius 2 is 2.31 bits per heavy atom. The normalized spacial score (nSPS) is 22.5. The average molecular weight is 222 g/mol. The van der Waals surface area contributed by atoms with Crippen LogP contribution in [0.5, 0.6) is 0 Å². The van der Waals surface area contributed by atoms with Crippen molar-refractivity contribution >= 4 is 0 Å². The first-order chi connectivity index (χ1) is 7.79. The summed E-state index contributed by atoms with van der Waals surface area (Å²) in [6.07, 6.45) is 9.39. The third-order valence-corrected chi connectivity index (χ3v) is 3.64. The van der Waals surface area contributed by atoms with Gasteiger partial charge in [0.2, 0.25) is 0 Å². The second-order valence-electron chi connectivity index (χ2n) is 4.83. The molecular weight excluding hydrogens is 200 g/mol. The van der Waals surface area contributed by atoms with Crippen LogP contribution in [0.2, 0.25) is 0 Å². The van der Waals surface area contributed by atoms with E-state index in [2.05, 4.69) is 22.7 Å². The van der Waals surface area contributed by atoms with E-state index < -0.39 is 0 Å². The van der Waals surface area contributed by atoms with E-state index in [0.29, 0.717) is 0 Å². The highest BCUT2D eigenvalue weighted by Gasteiger charge is 2.18. The molecule has 1 aliphatic heterocycles. The molecule has 3 nitrogen and oxygen atoms in total. The minimum Gasteiger partial charge on any atom is -0.392 e. The van der Waals surface area contributed by atoms with Crippen LogP contribution in [0.15, 0.2) is 18.5 Å². The van der Waals surface area contributed by atoms with Crippen LogP contribution in [-0.4, -0.2) is 34.2 Å². The number of aryl methyl sites for hydroxylation is 1. The zero-order valence-electron chi connectivity index (χ0n) is 10.1. The molecule has 2 heterocycles. The minimum absolute atomic E-state index is 0.149. The number of hydrogen-bond donors (Lipinski definition) is 1. The van der Waals surface area contributed by atoms with Crippen molar-refractivity contribution < 1.29 is 5.11 Å². The Morgan fingerprint density at radius 1 is 1.44 bits per heavy atom. The van der Waals surface area contributed by atoms with Crippen molar-refractivity contribution in [3.8, 4) is 0 Å². The van der Waals surface area contributed by atoms with Crippen LogP contribution >= 0.6 is 0 Å². The van der Waals surface area contributed by atoms with E-state index in [1.807, 2.05) is 12.3 Å².